The van der Waals surface area contributed by atoms with E-state index in [4.69, 9.17) is 5.84 Å². The van der Waals surface area contributed by atoms with Gasteiger partial charge in [0.1, 0.15) is 0 Å². The Balaban J connectivity index is 1.75. The van der Waals surface area contributed by atoms with Crippen LogP contribution in [0.2, 0.25) is 0 Å². The molecule has 0 atom stereocenters. The molecule has 0 aromatic rings. The molecule has 2 aliphatic rings. The van der Waals surface area contributed by atoms with Crippen LogP contribution in [-0.4, -0.2) is 67.4 Å². The summed E-state index contributed by atoms with van der Waals surface area (Å²) in [5, 5.41) is 3.34. The van der Waals surface area contributed by atoms with Gasteiger partial charge in [0.2, 0.25) is 11.8 Å². The lowest BCUT2D eigenvalue weighted by molar-refractivity contribution is -0.136. The zero-order valence-corrected chi connectivity index (χ0v) is 12.8. The zero-order chi connectivity index (χ0) is 15.2. The van der Waals surface area contributed by atoms with Crippen molar-refractivity contribution in [2.75, 3.05) is 39.8 Å². The van der Waals surface area contributed by atoms with Gasteiger partial charge in [0.05, 0.1) is 6.54 Å². The monoisotopic (exact) mass is 297 g/mol. The number of likely N-dealkylation sites (tertiary alicyclic amines) is 1. The second kappa shape index (κ2) is 7.72. The minimum absolute atomic E-state index is 0.0544. The molecule has 2 heterocycles. The number of hydrogen-bond acceptors (Lipinski definition) is 5. The first-order valence-electron chi connectivity index (χ1n) is 7.81. The number of amides is 2. The first kappa shape index (κ1) is 16.2. The number of nitrogens with two attached hydrogens (primary N) is 1. The summed E-state index contributed by atoms with van der Waals surface area (Å²) < 4.78 is 0. The molecule has 4 N–H and O–H groups in total. The maximum absolute atomic E-state index is 12.3. The van der Waals surface area contributed by atoms with Gasteiger partial charge in [0, 0.05) is 25.0 Å². The highest BCUT2D eigenvalue weighted by atomic mass is 16.2. The third-order valence-corrected chi connectivity index (χ3v) is 4.68. The van der Waals surface area contributed by atoms with E-state index in [1.165, 1.54) is 0 Å². The van der Waals surface area contributed by atoms with Crippen LogP contribution in [0.3, 0.4) is 0 Å². The van der Waals surface area contributed by atoms with Crippen LogP contribution >= 0.6 is 0 Å². The molecule has 0 aromatic carbocycles. The third-order valence-electron chi connectivity index (χ3n) is 4.68. The molecule has 2 fully saturated rings. The normalized spacial score (nSPS) is 21.6. The number of carbonyl (C=O) groups excluding carboxylic acids is 2. The fourth-order valence-electron chi connectivity index (χ4n) is 3.20. The summed E-state index contributed by atoms with van der Waals surface area (Å²) in [5.41, 5.74) is 2.20. The van der Waals surface area contributed by atoms with Crippen molar-refractivity contribution in [2.45, 2.75) is 31.7 Å². The Hall–Kier alpha value is -1.18. The fourth-order valence-corrected chi connectivity index (χ4v) is 3.20. The Bertz CT molecular complexity index is 362. The van der Waals surface area contributed by atoms with Gasteiger partial charge in [-0.25, -0.2) is 5.84 Å². The van der Waals surface area contributed by atoms with Crippen molar-refractivity contribution in [3.63, 3.8) is 0 Å². The van der Waals surface area contributed by atoms with E-state index >= 15 is 0 Å². The molecule has 0 spiro atoms. The number of rotatable bonds is 4. The van der Waals surface area contributed by atoms with Gasteiger partial charge in [-0.3, -0.25) is 19.9 Å². The predicted octanol–water partition coefficient (Wildman–Crippen LogP) is -1.10. The van der Waals surface area contributed by atoms with Gasteiger partial charge < -0.3 is 10.2 Å². The van der Waals surface area contributed by atoms with Gasteiger partial charge >= 0.3 is 0 Å². The van der Waals surface area contributed by atoms with Crippen molar-refractivity contribution in [3.8, 4) is 0 Å². The summed E-state index contributed by atoms with van der Waals surface area (Å²) in [7, 11) is 2.03. The van der Waals surface area contributed by atoms with E-state index in [-0.39, 0.29) is 17.7 Å². The van der Waals surface area contributed by atoms with Crippen molar-refractivity contribution < 1.29 is 9.59 Å². The maximum Gasteiger partial charge on any atom is 0.237 e. The summed E-state index contributed by atoms with van der Waals surface area (Å²) in [4.78, 5) is 27.9. The molecule has 0 radical (unpaired) electrons. The number of hydrazine groups is 1. The van der Waals surface area contributed by atoms with Gasteiger partial charge in [-0.05, 0) is 45.8 Å². The largest absolute Gasteiger partial charge is 0.342 e. The van der Waals surface area contributed by atoms with Crippen LogP contribution in [0.4, 0.5) is 0 Å². The van der Waals surface area contributed by atoms with Gasteiger partial charge in [0.25, 0.3) is 0 Å². The van der Waals surface area contributed by atoms with Gasteiger partial charge in [0.15, 0.2) is 0 Å². The number of likely N-dealkylation sites (N-methyl/N-ethyl adjacent to an activating group) is 1. The molecular formula is C14H27N5O2. The van der Waals surface area contributed by atoms with Gasteiger partial charge in [-0.1, -0.05) is 0 Å². The van der Waals surface area contributed by atoms with E-state index in [0.29, 0.717) is 38.5 Å². The standard InChI is InChI=1S/C14H27N5O2/c1-18(12-2-6-16-7-3-12)10-13(20)19-8-4-11(5-9-19)14(21)17-15/h11-12,16H,2-10,15H2,1H3,(H,17,21). The van der Waals surface area contributed by atoms with Crippen LogP contribution in [0.15, 0.2) is 0 Å². The lowest BCUT2D eigenvalue weighted by atomic mass is 9.96. The van der Waals surface area contributed by atoms with E-state index in [0.717, 1.165) is 25.9 Å². The zero-order valence-electron chi connectivity index (χ0n) is 12.8. The number of hydrogen-bond donors (Lipinski definition) is 3. The summed E-state index contributed by atoms with van der Waals surface area (Å²) in [6.45, 7) is 3.83. The van der Waals surface area contributed by atoms with E-state index in [2.05, 4.69) is 15.6 Å². The van der Waals surface area contributed by atoms with E-state index in [1.807, 2.05) is 11.9 Å². The highest BCUT2D eigenvalue weighted by Gasteiger charge is 2.28. The highest BCUT2D eigenvalue weighted by molar-refractivity contribution is 5.80. The second-order valence-corrected chi connectivity index (χ2v) is 6.06. The third kappa shape index (κ3) is 4.39. The quantitative estimate of drug-likeness (QED) is 0.348. The molecular weight excluding hydrogens is 270 g/mol. The molecule has 0 unspecified atom stereocenters. The molecule has 2 rings (SSSR count). The predicted molar refractivity (Wildman–Crippen MR) is 80.2 cm³/mol. The van der Waals surface area contributed by atoms with Crippen LogP contribution < -0.4 is 16.6 Å². The van der Waals surface area contributed by atoms with Crippen LogP contribution in [-0.2, 0) is 9.59 Å². The molecule has 2 saturated heterocycles. The molecule has 2 amide bonds. The van der Waals surface area contributed by atoms with Crippen LogP contribution in [0.1, 0.15) is 25.7 Å². The van der Waals surface area contributed by atoms with Crippen molar-refractivity contribution in [2.24, 2.45) is 11.8 Å². The summed E-state index contributed by atoms with van der Waals surface area (Å²) >= 11 is 0. The molecule has 7 heteroatoms. The topological polar surface area (TPSA) is 90.7 Å². The van der Waals surface area contributed by atoms with E-state index in [9.17, 15) is 9.59 Å². The molecule has 0 saturated carbocycles. The average molecular weight is 297 g/mol. The molecule has 2 aliphatic heterocycles. The van der Waals surface area contributed by atoms with E-state index < -0.39 is 0 Å². The summed E-state index contributed by atoms with van der Waals surface area (Å²) in [6, 6.07) is 0.496. The Kier molecular flexibility index (Phi) is 5.96. The number of carbonyl (C=O) groups is 2. The van der Waals surface area contributed by atoms with Crippen molar-refractivity contribution in [3.05, 3.63) is 0 Å². The second-order valence-electron chi connectivity index (χ2n) is 6.06. The molecule has 0 aromatic heterocycles. The lowest BCUT2D eigenvalue weighted by Gasteiger charge is -2.35. The highest BCUT2D eigenvalue weighted by Crippen LogP contribution is 2.18. The Morgan fingerprint density at radius 3 is 2.43 bits per heavy atom. The van der Waals surface area contributed by atoms with Gasteiger partial charge in [-0.2, -0.15) is 0 Å². The minimum Gasteiger partial charge on any atom is -0.342 e. The van der Waals surface area contributed by atoms with Crippen molar-refractivity contribution in [1.29, 1.82) is 0 Å². The van der Waals surface area contributed by atoms with Crippen molar-refractivity contribution >= 4 is 11.8 Å². The first-order valence-corrected chi connectivity index (χ1v) is 7.81. The van der Waals surface area contributed by atoms with Crippen LogP contribution in [0.5, 0.6) is 0 Å². The lowest BCUT2D eigenvalue weighted by Crippen LogP contribution is -2.49. The summed E-state index contributed by atoms with van der Waals surface area (Å²) in [6.07, 6.45) is 3.60. The smallest absolute Gasteiger partial charge is 0.237 e. The number of nitrogens with one attached hydrogen (secondary N) is 2. The van der Waals surface area contributed by atoms with Gasteiger partial charge in [-0.15, -0.1) is 0 Å². The summed E-state index contributed by atoms with van der Waals surface area (Å²) in [5.74, 6) is 5.15. The molecule has 0 aliphatic carbocycles. The molecule has 21 heavy (non-hydrogen) atoms. The number of nitrogens with zero attached hydrogens (tertiary/aromatic N) is 2. The van der Waals surface area contributed by atoms with Crippen LogP contribution in [0.25, 0.3) is 0 Å². The molecule has 120 valence electrons. The SMILES string of the molecule is CN(CC(=O)N1CCC(C(=O)NN)CC1)C1CCNCC1. The first-order chi connectivity index (χ1) is 10.1. The fraction of sp³-hybridized carbons (Fsp3) is 0.857. The Labute approximate surface area is 126 Å². The average Bonchev–Trinajstić information content (AvgIpc) is 2.55. The van der Waals surface area contributed by atoms with Crippen molar-refractivity contribution in [1.82, 2.24) is 20.5 Å². The maximum atomic E-state index is 12.3. The number of piperidine rings is 2. The van der Waals surface area contributed by atoms with Crippen LogP contribution in [0, 0.1) is 5.92 Å². The molecule has 7 nitrogen and oxygen atoms in total. The van der Waals surface area contributed by atoms with E-state index in [1.54, 1.807) is 0 Å². The minimum atomic E-state index is -0.117. The molecule has 0 bridgehead atoms. The Morgan fingerprint density at radius 1 is 1.24 bits per heavy atom. The Morgan fingerprint density at radius 2 is 1.86 bits per heavy atom.